The topological polar surface area (TPSA) is 93.2 Å². The quantitative estimate of drug-likeness (QED) is 0.252. The Morgan fingerprint density at radius 2 is 1.71 bits per heavy atom. The zero-order valence-corrected chi connectivity index (χ0v) is 20.6. The molecular formula is C22H31IN4O4. The molecule has 2 aromatic carbocycles. The van der Waals surface area contributed by atoms with Gasteiger partial charge in [-0.25, -0.2) is 9.79 Å². The van der Waals surface area contributed by atoms with Crippen LogP contribution in [0, 0.1) is 0 Å². The number of benzene rings is 2. The summed E-state index contributed by atoms with van der Waals surface area (Å²) in [4.78, 5) is 15.8. The summed E-state index contributed by atoms with van der Waals surface area (Å²) in [5.74, 6) is 2.11. The van der Waals surface area contributed by atoms with Crippen molar-refractivity contribution < 1.29 is 19.0 Å². The summed E-state index contributed by atoms with van der Waals surface area (Å²) in [5.41, 5.74) is 1.68. The van der Waals surface area contributed by atoms with E-state index in [-0.39, 0.29) is 30.1 Å². The number of para-hydroxylation sites is 2. The summed E-state index contributed by atoms with van der Waals surface area (Å²) in [6, 6.07) is 15.0. The molecule has 170 valence electrons. The molecule has 2 aromatic rings. The number of aliphatic imine (C=N–C) groups is 1. The van der Waals surface area contributed by atoms with Crippen LogP contribution in [0.3, 0.4) is 0 Å². The van der Waals surface area contributed by atoms with Gasteiger partial charge in [-0.1, -0.05) is 24.3 Å². The molecule has 2 rings (SSSR count). The second-order valence-electron chi connectivity index (χ2n) is 6.47. The maximum Gasteiger partial charge on any atom is 0.411 e. The van der Waals surface area contributed by atoms with E-state index in [0.29, 0.717) is 36.2 Å². The van der Waals surface area contributed by atoms with Gasteiger partial charge in [0.05, 0.1) is 27.3 Å². The minimum atomic E-state index is -0.496. The number of halogens is 1. The fraction of sp³-hybridized carbons (Fsp3) is 0.364. The van der Waals surface area contributed by atoms with Crippen molar-refractivity contribution in [1.82, 2.24) is 10.6 Å². The molecule has 0 saturated heterocycles. The zero-order chi connectivity index (χ0) is 21.8. The smallest absolute Gasteiger partial charge is 0.411 e. The van der Waals surface area contributed by atoms with Crippen LogP contribution < -0.4 is 25.4 Å². The minimum Gasteiger partial charge on any atom is -0.493 e. The number of methoxy groups -OCH3 is 2. The molecule has 1 amide bonds. The highest BCUT2D eigenvalue weighted by Crippen LogP contribution is 2.26. The molecule has 0 aromatic heterocycles. The number of nitrogens with one attached hydrogen (secondary N) is 3. The molecule has 1 unspecified atom stereocenters. The van der Waals surface area contributed by atoms with Gasteiger partial charge in [0.15, 0.2) is 17.5 Å². The van der Waals surface area contributed by atoms with Crippen LogP contribution in [0.2, 0.25) is 0 Å². The maximum atomic E-state index is 11.2. The standard InChI is InChI=1S/C22H30N4O4.HI/c1-5-23-21(24-14-16(2)30-20-9-7-6-8-19(20)28-3)25-15-17-10-12-18(13-11-17)26-22(27)29-4;/h6-13,16H,5,14-15H2,1-4H3,(H,26,27)(H2,23,24,25);1H. The highest BCUT2D eigenvalue weighted by Gasteiger charge is 2.09. The largest absolute Gasteiger partial charge is 0.493 e. The summed E-state index contributed by atoms with van der Waals surface area (Å²) in [5, 5.41) is 9.14. The van der Waals surface area contributed by atoms with E-state index in [1.54, 1.807) is 7.11 Å². The predicted molar refractivity (Wildman–Crippen MR) is 134 cm³/mol. The minimum absolute atomic E-state index is 0. The van der Waals surface area contributed by atoms with Crippen molar-refractivity contribution in [3.05, 3.63) is 54.1 Å². The second-order valence-corrected chi connectivity index (χ2v) is 6.47. The Morgan fingerprint density at radius 3 is 2.32 bits per heavy atom. The molecule has 0 bridgehead atoms. The van der Waals surface area contributed by atoms with Crippen molar-refractivity contribution in [2.45, 2.75) is 26.5 Å². The van der Waals surface area contributed by atoms with Gasteiger partial charge in [0.1, 0.15) is 6.10 Å². The number of amides is 1. The van der Waals surface area contributed by atoms with Gasteiger partial charge in [0, 0.05) is 12.2 Å². The Labute approximate surface area is 200 Å². The van der Waals surface area contributed by atoms with Gasteiger partial charge in [-0.3, -0.25) is 5.32 Å². The Hall–Kier alpha value is -2.69. The molecule has 1 atom stereocenters. The first-order chi connectivity index (χ1) is 14.5. The van der Waals surface area contributed by atoms with Crippen molar-refractivity contribution in [2.24, 2.45) is 4.99 Å². The number of nitrogens with zero attached hydrogens (tertiary/aromatic N) is 1. The Kier molecular flexibility index (Phi) is 12.2. The number of carbonyl (C=O) groups is 1. The van der Waals surface area contributed by atoms with Gasteiger partial charge in [0.2, 0.25) is 0 Å². The van der Waals surface area contributed by atoms with Gasteiger partial charge in [0.25, 0.3) is 0 Å². The first-order valence-electron chi connectivity index (χ1n) is 9.81. The first kappa shape index (κ1) is 26.3. The lowest BCUT2D eigenvalue weighted by Crippen LogP contribution is -2.41. The summed E-state index contributed by atoms with van der Waals surface area (Å²) in [7, 11) is 2.95. The van der Waals surface area contributed by atoms with Gasteiger partial charge >= 0.3 is 6.09 Å². The Morgan fingerprint density at radius 1 is 1.03 bits per heavy atom. The van der Waals surface area contributed by atoms with Gasteiger partial charge in [-0.15, -0.1) is 24.0 Å². The van der Waals surface area contributed by atoms with E-state index in [1.807, 2.05) is 62.4 Å². The number of ether oxygens (including phenoxy) is 3. The van der Waals surface area contributed by atoms with Crippen LogP contribution >= 0.6 is 24.0 Å². The third-order valence-corrected chi connectivity index (χ3v) is 4.10. The summed E-state index contributed by atoms with van der Waals surface area (Å²) in [6.07, 6.45) is -0.585. The van der Waals surface area contributed by atoms with Gasteiger partial charge < -0.3 is 24.8 Å². The third-order valence-electron chi connectivity index (χ3n) is 4.10. The third kappa shape index (κ3) is 9.33. The first-order valence-corrected chi connectivity index (χ1v) is 9.81. The summed E-state index contributed by atoms with van der Waals surface area (Å²) >= 11 is 0. The van der Waals surface area contributed by atoms with Crippen LogP contribution in [0.4, 0.5) is 10.5 Å². The highest BCUT2D eigenvalue weighted by atomic mass is 127. The van der Waals surface area contributed by atoms with E-state index in [0.717, 1.165) is 12.1 Å². The van der Waals surface area contributed by atoms with E-state index in [4.69, 9.17) is 9.47 Å². The van der Waals surface area contributed by atoms with Gasteiger partial charge in [-0.2, -0.15) is 0 Å². The SMILES string of the molecule is CCNC(=NCc1ccc(NC(=O)OC)cc1)NCC(C)Oc1ccccc1OC.I. The van der Waals surface area contributed by atoms with E-state index in [1.165, 1.54) is 7.11 Å². The van der Waals surface area contributed by atoms with Crippen LogP contribution in [0.25, 0.3) is 0 Å². The van der Waals surface area contributed by atoms with Gasteiger partial charge in [-0.05, 0) is 43.7 Å². The number of carbonyl (C=O) groups excluding carboxylic acids is 1. The molecular weight excluding hydrogens is 511 g/mol. The average molecular weight is 542 g/mol. The Balaban J connectivity index is 0.00000480. The average Bonchev–Trinajstić information content (AvgIpc) is 2.77. The summed E-state index contributed by atoms with van der Waals surface area (Å²) < 4.78 is 15.9. The highest BCUT2D eigenvalue weighted by molar-refractivity contribution is 14.0. The van der Waals surface area contributed by atoms with E-state index in [2.05, 4.69) is 25.7 Å². The predicted octanol–water partition coefficient (Wildman–Crippen LogP) is 4.01. The van der Waals surface area contributed by atoms with E-state index < -0.39 is 6.09 Å². The van der Waals surface area contributed by atoms with Crippen molar-refractivity contribution in [1.29, 1.82) is 0 Å². The number of rotatable bonds is 9. The molecule has 0 aliphatic heterocycles. The molecule has 31 heavy (non-hydrogen) atoms. The van der Waals surface area contributed by atoms with Crippen molar-refractivity contribution in [3.63, 3.8) is 0 Å². The molecule has 8 nitrogen and oxygen atoms in total. The molecule has 0 aliphatic rings. The van der Waals surface area contributed by atoms with Crippen LogP contribution in [0.15, 0.2) is 53.5 Å². The van der Waals surface area contributed by atoms with Crippen molar-refractivity contribution >= 4 is 41.7 Å². The number of hydrogen-bond acceptors (Lipinski definition) is 5. The van der Waals surface area contributed by atoms with Crippen molar-refractivity contribution in [3.8, 4) is 11.5 Å². The molecule has 3 N–H and O–H groups in total. The lowest BCUT2D eigenvalue weighted by atomic mass is 10.2. The Bertz CT molecular complexity index is 831. The second kappa shape index (κ2) is 14.3. The van der Waals surface area contributed by atoms with E-state index in [9.17, 15) is 4.79 Å². The fourth-order valence-corrected chi connectivity index (χ4v) is 2.59. The molecule has 9 heteroatoms. The fourth-order valence-electron chi connectivity index (χ4n) is 2.59. The van der Waals surface area contributed by atoms with Crippen LogP contribution in [-0.2, 0) is 11.3 Å². The molecule has 0 aliphatic carbocycles. The molecule has 0 radical (unpaired) electrons. The normalized spacial score (nSPS) is 11.5. The number of anilines is 1. The lowest BCUT2D eigenvalue weighted by molar-refractivity contribution is 0.187. The van der Waals surface area contributed by atoms with Crippen LogP contribution in [-0.4, -0.2) is 45.5 Å². The van der Waals surface area contributed by atoms with Crippen molar-refractivity contribution in [2.75, 3.05) is 32.6 Å². The molecule has 0 saturated carbocycles. The summed E-state index contributed by atoms with van der Waals surface area (Å²) in [6.45, 7) is 5.81. The molecule has 0 fully saturated rings. The maximum absolute atomic E-state index is 11.2. The number of guanidine groups is 1. The molecule has 0 heterocycles. The van der Waals surface area contributed by atoms with Crippen LogP contribution in [0.1, 0.15) is 19.4 Å². The van der Waals surface area contributed by atoms with Crippen LogP contribution in [0.5, 0.6) is 11.5 Å². The number of hydrogen-bond donors (Lipinski definition) is 3. The molecule has 0 spiro atoms. The van der Waals surface area contributed by atoms with E-state index >= 15 is 0 Å². The monoisotopic (exact) mass is 542 g/mol. The lowest BCUT2D eigenvalue weighted by Gasteiger charge is -2.19. The zero-order valence-electron chi connectivity index (χ0n) is 18.3.